The maximum absolute atomic E-state index is 12.2. The molecule has 1 aromatic heterocycles. The van der Waals surface area contributed by atoms with Crippen LogP contribution in [0.15, 0.2) is 18.7 Å². The van der Waals surface area contributed by atoms with E-state index in [2.05, 4.69) is 16.9 Å². The van der Waals surface area contributed by atoms with Crippen LogP contribution < -0.4 is 10.2 Å². The number of nitrogens with one attached hydrogen (secondary N) is 1. The van der Waals surface area contributed by atoms with Gasteiger partial charge in [0.2, 0.25) is 0 Å². The number of carbonyl (C=O) groups excluding carboxylic acids is 1. The molecule has 0 saturated carbocycles. The summed E-state index contributed by atoms with van der Waals surface area (Å²) >= 11 is 0. The summed E-state index contributed by atoms with van der Waals surface area (Å²) in [6, 6.07) is 0. The second kappa shape index (κ2) is 16.9. The predicted octanol–water partition coefficient (Wildman–Crippen LogP) is 6.61. The van der Waals surface area contributed by atoms with Gasteiger partial charge >= 0.3 is 0 Å². The number of aryl methyl sites for hydroxylation is 1. The molecule has 31 heavy (non-hydrogen) atoms. The molecule has 2 heterocycles. The van der Waals surface area contributed by atoms with Crippen molar-refractivity contribution in [3.05, 3.63) is 24.4 Å². The van der Waals surface area contributed by atoms with Crippen molar-refractivity contribution in [2.24, 2.45) is 0 Å². The molecule has 5 nitrogen and oxygen atoms in total. The third-order valence-corrected chi connectivity index (χ3v) is 5.87. The monoisotopic (exact) mass is 428 g/mol. The number of unbranched alkanes of at least 4 members (excludes halogenated alkanes) is 13. The Morgan fingerprint density at radius 3 is 1.81 bits per heavy atom. The van der Waals surface area contributed by atoms with Crippen LogP contribution in [0.2, 0.25) is 6.32 Å². The van der Waals surface area contributed by atoms with Crippen LogP contribution in [-0.2, 0) is 6.54 Å². The molecule has 0 saturated heterocycles. The fourth-order valence-electron chi connectivity index (χ4n) is 3.97. The first kappa shape index (κ1) is 27.3. The SMILES string of the molecule is CC.[B]CCCCCCCCCCCCCCCCn1cnc2c1C(=O)NC(=C)N2C. The summed E-state index contributed by atoms with van der Waals surface area (Å²) in [5, 5.41) is 2.79. The summed E-state index contributed by atoms with van der Waals surface area (Å²) in [6.45, 7) is 8.69. The van der Waals surface area contributed by atoms with Gasteiger partial charge in [-0.3, -0.25) is 4.79 Å². The van der Waals surface area contributed by atoms with Crippen LogP contribution in [0.4, 0.5) is 5.82 Å². The summed E-state index contributed by atoms with van der Waals surface area (Å²) in [4.78, 5) is 18.4. The van der Waals surface area contributed by atoms with Gasteiger partial charge in [-0.25, -0.2) is 4.98 Å². The van der Waals surface area contributed by atoms with E-state index in [4.69, 9.17) is 7.85 Å². The molecule has 0 atom stereocenters. The normalized spacial score (nSPS) is 12.9. The highest BCUT2D eigenvalue weighted by atomic mass is 16.2. The molecule has 1 N–H and O–H groups in total. The summed E-state index contributed by atoms with van der Waals surface area (Å²) in [6.07, 6.45) is 21.0. The fourth-order valence-corrected chi connectivity index (χ4v) is 3.97. The Bertz CT molecular complexity index is 629. The van der Waals surface area contributed by atoms with E-state index in [9.17, 15) is 4.79 Å². The molecule has 1 aliphatic rings. The average molecular weight is 428 g/mol. The van der Waals surface area contributed by atoms with Crippen LogP contribution in [0.1, 0.15) is 114 Å². The van der Waals surface area contributed by atoms with Gasteiger partial charge in [0.05, 0.1) is 14.2 Å². The first-order valence-corrected chi connectivity index (χ1v) is 12.6. The van der Waals surface area contributed by atoms with Crippen molar-refractivity contribution in [3.63, 3.8) is 0 Å². The van der Waals surface area contributed by atoms with Gasteiger partial charge in [0.1, 0.15) is 5.82 Å². The summed E-state index contributed by atoms with van der Waals surface area (Å²) < 4.78 is 1.98. The number of rotatable bonds is 16. The lowest BCUT2D eigenvalue weighted by atomic mass is 9.98. The molecule has 2 rings (SSSR count). The molecule has 2 radical (unpaired) electrons. The van der Waals surface area contributed by atoms with E-state index in [1.54, 1.807) is 6.33 Å². The Balaban J connectivity index is 0.00000233. The maximum atomic E-state index is 12.2. The van der Waals surface area contributed by atoms with Gasteiger partial charge in [-0.05, 0) is 6.42 Å². The lowest BCUT2D eigenvalue weighted by Crippen LogP contribution is -2.39. The molecular weight excluding hydrogens is 383 g/mol. The quantitative estimate of drug-likeness (QED) is 0.238. The molecule has 0 unspecified atom stereocenters. The van der Waals surface area contributed by atoms with Gasteiger partial charge in [0.25, 0.3) is 5.91 Å². The third-order valence-electron chi connectivity index (χ3n) is 5.87. The van der Waals surface area contributed by atoms with E-state index >= 15 is 0 Å². The standard InChI is InChI=1S/C23H39BN4O.C2H6/c1-20-26-23(29)21-22(27(20)2)25-19-28(21)18-16-14-12-10-8-6-4-3-5-7-9-11-13-15-17-24;1-2/h19H,1,3-18H2,2H3,(H,26,29);1-2H3. The fraction of sp³-hybridized carbons (Fsp3) is 0.760. The van der Waals surface area contributed by atoms with Crippen LogP contribution >= 0.6 is 0 Å². The van der Waals surface area contributed by atoms with Gasteiger partial charge in [0, 0.05) is 13.6 Å². The van der Waals surface area contributed by atoms with Gasteiger partial charge in [-0.15, -0.1) is 0 Å². The minimum Gasteiger partial charge on any atom is -0.325 e. The molecule has 0 bridgehead atoms. The predicted molar refractivity (Wildman–Crippen MR) is 134 cm³/mol. The van der Waals surface area contributed by atoms with E-state index in [1.807, 2.05) is 30.4 Å². The number of imidazole rings is 1. The largest absolute Gasteiger partial charge is 0.325 e. The van der Waals surface area contributed by atoms with Crippen molar-refractivity contribution in [2.45, 2.75) is 117 Å². The minimum atomic E-state index is -0.101. The molecule has 0 aromatic carbocycles. The highest BCUT2D eigenvalue weighted by Crippen LogP contribution is 2.24. The third kappa shape index (κ3) is 9.96. The van der Waals surface area contributed by atoms with Gasteiger partial charge < -0.3 is 14.8 Å². The molecule has 6 heteroatoms. The zero-order chi connectivity index (χ0) is 22.9. The molecule has 0 aliphatic carbocycles. The molecular formula is C25H45BN4O. The van der Waals surface area contributed by atoms with Crippen molar-refractivity contribution < 1.29 is 4.79 Å². The summed E-state index contributed by atoms with van der Waals surface area (Å²) in [7, 11) is 7.39. The number of aromatic nitrogens is 2. The second-order valence-electron chi connectivity index (χ2n) is 8.31. The van der Waals surface area contributed by atoms with Crippen LogP contribution in [0.5, 0.6) is 0 Å². The molecule has 1 aliphatic heterocycles. The van der Waals surface area contributed by atoms with Crippen LogP contribution in [-0.4, -0.2) is 30.4 Å². The Morgan fingerprint density at radius 1 is 0.871 bits per heavy atom. The topological polar surface area (TPSA) is 50.2 Å². The first-order chi connectivity index (χ1) is 15.1. The van der Waals surface area contributed by atoms with Crippen LogP contribution in [0.3, 0.4) is 0 Å². The number of nitrogens with zero attached hydrogens (tertiary/aromatic N) is 3. The van der Waals surface area contributed by atoms with Gasteiger partial charge in [0.15, 0.2) is 11.5 Å². The first-order valence-electron chi connectivity index (χ1n) is 12.6. The highest BCUT2D eigenvalue weighted by Gasteiger charge is 2.28. The zero-order valence-electron chi connectivity index (χ0n) is 20.4. The van der Waals surface area contributed by atoms with Crippen molar-refractivity contribution in [2.75, 3.05) is 11.9 Å². The average Bonchev–Trinajstić information content (AvgIpc) is 3.21. The Kier molecular flexibility index (Phi) is 14.9. The number of hydrogen-bond donors (Lipinski definition) is 1. The van der Waals surface area contributed by atoms with E-state index in [1.165, 1.54) is 83.5 Å². The molecule has 0 fully saturated rings. The highest BCUT2D eigenvalue weighted by molar-refractivity contribution is 6.08. The second-order valence-corrected chi connectivity index (χ2v) is 8.31. The van der Waals surface area contributed by atoms with Crippen molar-refractivity contribution in [1.82, 2.24) is 14.9 Å². The molecule has 0 spiro atoms. The van der Waals surface area contributed by atoms with Crippen molar-refractivity contribution >= 4 is 19.6 Å². The van der Waals surface area contributed by atoms with Crippen LogP contribution in [0.25, 0.3) is 0 Å². The number of anilines is 1. The molecule has 174 valence electrons. The van der Waals surface area contributed by atoms with E-state index in [-0.39, 0.29) is 5.91 Å². The Hall–Kier alpha value is -1.72. The summed E-state index contributed by atoms with van der Waals surface area (Å²) in [5.41, 5.74) is 0.652. The number of fused-ring (bicyclic) bond motifs is 1. The van der Waals surface area contributed by atoms with Crippen LogP contribution in [0, 0.1) is 0 Å². The van der Waals surface area contributed by atoms with Gasteiger partial charge in [-0.2, -0.15) is 0 Å². The number of carbonyl (C=O) groups is 1. The minimum absolute atomic E-state index is 0.101. The Morgan fingerprint density at radius 2 is 1.32 bits per heavy atom. The van der Waals surface area contributed by atoms with E-state index in [0.717, 1.165) is 19.3 Å². The summed E-state index contributed by atoms with van der Waals surface area (Å²) in [5.74, 6) is 1.18. The number of amides is 1. The smallest absolute Gasteiger partial charge is 0.277 e. The van der Waals surface area contributed by atoms with Gasteiger partial charge in [-0.1, -0.05) is 110 Å². The van der Waals surface area contributed by atoms with E-state index in [0.29, 0.717) is 17.3 Å². The lowest BCUT2D eigenvalue weighted by molar-refractivity contribution is 0.0951. The Labute approximate surface area is 192 Å². The maximum Gasteiger partial charge on any atom is 0.277 e. The van der Waals surface area contributed by atoms with E-state index < -0.39 is 0 Å². The number of hydrogen-bond acceptors (Lipinski definition) is 3. The van der Waals surface area contributed by atoms with Crippen molar-refractivity contribution in [1.29, 1.82) is 0 Å². The molecule has 1 amide bonds. The molecule has 1 aromatic rings. The zero-order valence-corrected chi connectivity index (χ0v) is 20.4. The lowest BCUT2D eigenvalue weighted by Gasteiger charge is -2.26. The van der Waals surface area contributed by atoms with Crippen molar-refractivity contribution in [3.8, 4) is 0 Å².